The van der Waals surface area contributed by atoms with Crippen LogP contribution >= 0.6 is 27.7 Å². The van der Waals surface area contributed by atoms with Crippen molar-refractivity contribution in [2.24, 2.45) is 0 Å². The van der Waals surface area contributed by atoms with Gasteiger partial charge in [-0.1, -0.05) is 48.8 Å². The first kappa shape index (κ1) is 18.1. The maximum Gasteiger partial charge on any atom is 0.234 e. The highest BCUT2D eigenvalue weighted by molar-refractivity contribution is 9.10. The molecule has 0 aliphatic rings. The third kappa shape index (κ3) is 5.40. The number of nitrogens with one attached hydrogen (secondary N) is 1. The van der Waals surface area contributed by atoms with Gasteiger partial charge in [-0.2, -0.15) is 0 Å². The van der Waals surface area contributed by atoms with Gasteiger partial charge in [0, 0.05) is 15.1 Å². The zero-order chi connectivity index (χ0) is 17.0. The van der Waals surface area contributed by atoms with Crippen LogP contribution in [0.4, 0.5) is 5.69 Å². The molecular formula is C19H22BrNOS. The van der Waals surface area contributed by atoms with Crippen molar-refractivity contribution in [1.29, 1.82) is 0 Å². The molecular weight excluding hydrogens is 370 g/mol. The lowest BCUT2D eigenvalue weighted by molar-refractivity contribution is -0.113. The number of thioether (sulfide) groups is 1. The van der Waals surface area contributed by atoms with Crippen LogP contribution in [0.1, 0.15) is 31.9 Å². The lowest BCUT2D eigenvalue weighted by Gasteiger charge is -2.20. The van der Waals surface area contributed by atoms with Crippen molar-refractivity contribution in [3.8, 4) is 0 Å². The summed E-state index contributed by atoms with van der Waals surface area (Å²) < 4.78 is 1.000. The summed E-state index contributed by atoms with van der Waals surface area (Å²) in [4.78, 5) is 13.3. The Labute approximate surface area is 151 Å². The highest BCUT2D eigenvalue weighted by atomic mass is 79.9. The van der Waals surface area contributed by atoms with Crippen LogP contribution in [0, 0.1) is 6.92 Å². The molecule has 0 radical (unpaired) electrons. The predicted octanol–water partition coefficient (Wildman–Crippen LogP) is 5.79. The van der Waals surface area contributed by atoms with Crippen molar-refractivity contribution < 1.29 is 4.79 Å². The number of aryl methyl sites for hydroxylation is 1. The summed E-state index contributed by atoms with van der Waals surface area (Å²) in [5.74, 6) is 0.419. The zero-order valence-corrected chi connectivity index (χ0v) is 16.3. The topological polar surface area (TPSA) is 29.1 Å². The molecule has 0 atom stereocenters. The van der Waals surface area contributed by atoms with Gasteiger partial charge in [0.15, 0.2) is 0 Å². The van der Waals surface area contributed by atoms with Crippen molar-refractivity contribution in [1.82, 2.24) is 0 Å². The summed E-state index contributed by atoms with van der Waals surface area (Å²) in [6, 6.07) is 14.1. The smallest absolute Gasteiger partial charge is 0.234 e. The fraction of sp³-hybridized carbons (Fsp3) is 0.316. The standard InChI is InChI=1S/C19H22BrNOS/c1-13-5-6-14(19(2,3)4)11-17(13)23-12-18(22)21-16-9-7-15(20)8-10-16/h5-11H,12H2,1-4H3,(H,21,22). The molecule has 0 spiro atoms. The number of anilines is 1. The SMILES string of the molecule is Cc1ccc(C(C)(C)C)cc1SCC(=O)Nc1ccc(Br)cc1. The van der Waals surface area contributed by atoms with Gasteiger partial charge in [0.1, 0.15) is 0 Å². The first-order valence-corrected chi connectivity index (χ1v) is 9.33. The van der Waals surface area contributed by atoms with Crippen LogP contribution in [-0.4, -0.2) is 11.7 Å². The molecule has 1 amide bonds. The van der Waals surface area contributed by atoms with Crippen molar-refractivity contribution >= 4 is 39.3 Å². The molecule has 2 aromatic rings. The van der Waals surface area contributed by atoms with Crippen molar-refractivity contribution in [2.45, 2.75) is 38.0 Å². The molecule has 0 heterocycles. The summed E-state index contributed by atoms with van der Waals surface area (Å²) >= 11 is 4.97. The number of benzene rings is 2. The van der Waals surface area contributed by atoms with E-state index in [1.165, 1.54) is 16.0 Å². The van der Waals surface area contributed by atoms with E-state index >= 15 is 0 Å². The highest BCUT2D eigenvalue weighted by Gasteiger charge is 2.15. The van der Waals surface area contributed by atoms with Crippen LogP contribution in [0.15, 0.2) is 51.8 Å². The molecule has 0 aromatic heterocycles. The Balaban J connectivity index is 2.00. The monoisotopic (exact) mass is 391 g/mol. The minimum Gasteiger partial charge on any atom is -0.325 e. The molecule has 122 valence electrons. The third-order valence-electron chi connectivity index (χ3n) is 3.54. The number of carbonyl (C=O) groups excluding carboxylic acids is 1. The Morgan fingerprint density at radius 2 is 1.78 bits per heavy atom. The fourth-order valence-electron chi connectivity index (χ4n) is 2.10. The van der Waals surface area contributed by atoms with E-state index in [4.69, 9.17) is 0 Å². The Morgan fingerprint density at radius 1 is 1.13 bits per heavy atom. The quantitative estimate of drug-likeness (QED) is 0.668. The number of halogens is 1. The van der Waals surface area contributed by atoms with Crippen LogP contribution in [0.5, 0.6) is 0 Å². The predicted molar refractivity (Wildman–Crippen MR) is 103 cm³/mol. The van der Waals surface area contributed by atoms with Gasteiger partial charge in [0.2, 0.25) is 5.91 Å². The molecule has 0 saturated carbocycles. The Hall–Kier alpha value is -1.26. The van der Waals surface area contributed by atoms with Crippen molar-refractivity contribution in [2.75, 3.05) is 11.1 Å². The molecule has 2 nitrogen and oxygen atoms in total. The second kappa shape index (κ2) is 7.54. The van der Waals surface area contributed by atoms with Gasteiger partial charge >= 0.3 is 0 Å². The molecule has 4 heteroatoms. The van der Waals surface area contributed by atoms with Gasteiger partial charge < -0.3 is 5.32 Å². The van der Waals surface area contributed by atoms with E-state index in [1.54, 1.807) is 11.8 Å². The average Bonchev–Trinajstić information content (AvgIpc) is 2.47. The minimum atomic E-state index is 0.0119. The summed E-state index contributed by atoms with van der Waals surface area (Å²) in [5.41, 5.74) is 3.43. The molecule has 0 aliphatic carbocycles. The van der Waals surface area contributed by atoms with Gasteiger partial charge in [-0.3, -0.25) is 4.79 Å². The molecule has 0 fully saturated rings. The van der Waals surface area contributed by atoms with Crippen LogP contribution in [0.25, 0.3) is 0 Å². The maximum absolute atomic E-state index is 12.1. The van der Waals surface area contributed by atoms with Crippen LogP contribution in [0.3, 0.4) is 0 Å². The average molecular weight is 392 g/mol. The summed E-state index contributed by atoms with van der Waals surface area (Å²) in [6.07, 6.45) is 0. The van der Waals surface area contributed by atoms with Crippen molar-refractivity contribution in [3.63, 3.8) is 0 Å². The van der Waals surface area contributed by atoms with E-state index in [0.29, 0.717) is 5.75 Å². The summed E-state index contributed by atoms with van der Waals surface area (Å²) in [6.45, 7) is 8.69. The first-order chi connectivity index (χ1) is 10.8. The number of hydrogen-bond donors (Lipinski definition) is 1. The lowest BCUT2D eigenvalue weighted by atomic mass is 9.87. The van der Waals surface area contributed by atoms with E-state index < -0.39 is 0 Å². The summed E-state index contributed by atoms with van der Waals surface area (Å²) in [5, 5.41) is 2.92. The Morgan fingerprint density at radius 3 is 2.39 bits per heavy atom. The van der Waals surface area contributed by atoms with E-state index in [1.807, 2.05) is 24.3 Å². The van der Waals surface area contributed by atoms with Gasteiger partial charge in [0.05, 0.1) is 5.75 Å². The fourth-order valence-corrected chi connectivity index (χ4v) is 3.22. The van der Waals surface area contributed by atoms with Crippen LogP contribution in [0.2, 0.25) is 0 Å². The minimum absolute atomic E-state index is 0.0119. The van der Waals surface area contributed by atoms with Gasteiger partial charge in [-0.15, -0.1) is 11.8 Å². The highest BCUT2D eigenvalue weighted by Crippen LogP contribution is 2.29. The molecule has 23 heavy (non-hydrogen) atoms. The molecule has 0 unspecified atom stereocenters. The van der Waals surface area contributed by atoms with Crippen LogP contribution in [-0.2, 0) is 10.2 Å². The zero-order valence-electron chi connectivity index (χ0n) is 13.9. The third-order valence-corrected chi connectivity index (χ3v) is 5.23. The van der Waals surface area contributed by atoms with Crippen molar-refractivity contribution in [3.05, 3.63) is 58.1 Å². The van der Waals surface area contributed by atoms with E-state index in [-0.39, 0.29) is 11.3 Å². The molecule has 0 bridgehead atoms. The molecule has 1 N–H and O–H groups in total. The maximum atomic E-state index is 12.1. The van der Waals surface area contributed by atoms with Gasteiger partial charge in [0.25, 0.3) is 0 Å². The van der Waals surface area contributed by atoms with Crippen LogP contribution < -0.4 is 5.32 Å². The second-order valence-corrected chi connectivity index (χ2v) is 8.51. The molecule has 2 aromatic carbocycles. The van der Waals surface area contributed by atoms with E-state index in [0.717, 1.165) is 10.2 Å². The normalized spacial score (nSPS) is 11.3. The first-order valence-electron chi connectivity index (χ1n) is 7.55. The Bertz CT molecular complexity index is 690. The lowest BCUT2D eigenvalue weighted by Crippen LogP contribution is -2.14. The van der Waals surface area contributed by atoms with Gasteiger partial charge in [-0.05, 0) is 53.8 Å². The molecule has 0 aliphatic heterocycles. The number of rotatable bonds is 4. The van der Waals surface area contributed by atoms with Gasteiger partial charge in [-0.25, -0.2) is 0 Å². The number of hydrogen-bond acceptors (Lipinski definition) is 2. The number of carbonyl (C=O) groups is 1. The summed E-state index contributed by atoms with van der Waals surface area (Å²) in [7, 11) is 0. The molecule has 0 saturated heterocycles. The second-order valence-electron chi connectivity index (χ2n) is 6.57. The molecule has 2 rings (SSSR count). The number of amides is 1. The Kier molecular flexibility index (Phi) is 5.93. The van der Waals surface area contributed by atoms with E-state index in [9.17, 15) is 4.79 Å². The van der Waals surface area contributed by atoms with E-state index in [2.05, 4.69) is 67.1 Å². The largest absolute Gasteiger partial charge is 0.325 e.